The van der Waals surface area contributed by atoms with Crippen LogP contribution in [0.3, 0.4) is 0 Å². The molecule has 1 aliphatic heterocycles. The van der Waals surface area contributed by atoms with Crippen LogP contribution in [0.5, 0.6) is 11.5 Å². The first kappa shape index (κ1) is 27.1. The summed E-state index contributed by atoms with van der Waals surface area (Å²) in [5.41, 5.74) is 2.89. The van der Waals surface area contributed by atoms with Crippen LogP contribution in [0.1, 0.15) is 12.8 Å². The second-order valence-corrected chi connectivity index (χ2v) is 10.0. The van der Waals surface area contributed by atoms with Gasteiger partial charge in [-0.15, -0.1) is 0 Å². The smallest absolute Gasteiger partial charge is 0.261 e. The Kier molecular flexibility index (Phi) is 8.78. The van der Waals surface area contributed by atoms with Crippen molar-refractivity contribution in [2.45, 2.75) is 19.4 Å². The van der Waals surface area contributed by atoms with Crippen molar-refractivity contribution in [1.82, 2.24) is 14.9 Å². The summed E-state index contributed by atoms with van der Waals surface area (Å²) >= 11 is 6.22. The fourth-order valence-electron chi connectivity index (χ4n) is 5.00. The zero-order chi connectivity index (χ0) is 27.2. The molecule has 1 atom stereocenters. The predicted octanol–water partition coefficient (Wildman–Crippen LogP) is 4.13. The average Bonchev–Trinajstić information content (AvgIpc) is 2.97. The third-order valence-electron chi connectivity index (χ3n) is 6.85. The number of ether oxygens (including phenoxy) is 2. The summed E-state index contributed by atoms with van der Waals surface area (Å²) in [6.45, 7) is 2.24. The molecular formula is C30H32ClN3O5. The topological polar surface area (TPSA) is 106 Å². The first-order valence-corrected chi connectivity index (χ1v) is 13.6. The third-order valence-corrected chi connectivity index (χ3v) is 7.09. The predicted molar refractivity (Wildman–Crippen MR) is 153 cm³/mol. The van der Waals surface area contributed by atoms with E-state index in [4.69, 9.17) is 31.2 Å². The fraction of sp³-hybridized carbons (Fsp3) is 0.333. The maximum absolute atomic E-state index is 14.1. The Morgan fingerprint density at radius 3 is 2.59 bits per heavy atom. The van der Waals surface area contributed by atoms with Crippen molar-refractivity contribution >= 4 is 22.5 Å². The van der Waals surface area contributed by atoms with Gasteiger partial charge in [0.15, 0.2) is 0 Å². The van der Waals surface area contributed by atoms with Gasteiger partial charge in [0.1, 0.15) is 30.5 Å². The minimum absolute atomic E-state index is 0.0732. The van der Waals surface area contributed by atoms with Gasteiger partial charge in [-0.2, -0.15) is 0 Å². The normalized spacial score (nSPS) is 15.4. The first-order valence-electron chi connectivity index (χ1n) is 13.2. The third kappa shape index (κ3) is 6.25. The Bertz CT molecular complexity index is 1500. The van der Waals surface area contributed by atoms with Crippen LogP contribution in [0.2, 0.25) is 5.02 Å². The molecule has 1 aliphatic rings. The molecule has 0 aliphatic carbocycles. The first-order chi connectivity index (χ1) is 19.1. The Balaban J connectivity index is 1.66. The van der Waals surface area contributed by atoms with Gasteiger partial charge >= 0.3 is 0 Å². The number of rotatable bonds is 10. The van der Waals surface area contributed by atoms with Crippen molar-refractivity contribution < 1.29 is 19.7 Å². The van der Waals surface area contributed by atoms with Crippen molar-refractivity contribution in [2.75, 3.05) is 39.5 Å². The molecule has 0 bridgehead atoms. The molecule has 3 aromatic carbocycles. The van der Waals surface area contributed by atoms with E-state index in [0.29, 0.717) is 45.4 Å². The van der Waals surface area contributed by atoms with E-state index in [9.17, 15) is 9.90 Å². The zero-order valence-corrected chi connectivity index (χ0v) is 22.4. The highest BCUT2D eigenvalue weighted by molar-refractivity contribution is 6.30. The lowest BCUT2D eigenvalue weighted by Crippen LogP contribution is -2.35. The Labute approximate surface area is 231 Å². The van der Waals surface area contributed by atoms with E-state index in [1.165, 1.54) is 0 Å². The molecule has 2 heterocycles. The fourth-order valence-corrected chi connectivity index (χ4v) is 5.19. The summed E-state index contributed by atoms with van der Waals surface area (Å²) in [5, 5.41) is 23.2. The van der Waals surface area contributed by atoms with Gasteiger partial charge in [0.05, 0.1) is 29.7 Å². The van der Waals surface area contributed by atoms with Crippen molar-refractivity contribution in [3.63, 3.8) is 0 Å². The second kappa shape index (κ2) is 12.6. The van der Waals surface area contributed by atoms with E-state index in [1.54, 1.807) is 16.7 Å². The molecule has 4 aromatic rings. The van der Waals surface area contributed by atoms with E-state index in [2.05, 4.69) is 5.32 Å². The summed E-state index contributed by atoms with van der Waals surface area (Å²) in [6, 6.07) is 18.5. The molecule has 1 aromatic heterocycles. The second-order valence-electron chi connectivity index (χ2n) is 9.61. The van der Waals surface area contributed by atoms with Crippen LogP contribution in [0.25, 0.3) is 33.4 Å². The molecule has 5 rings (SSSR count). The number of aromatic nitrogens is 2. The van der Waals surface area contributed by atoms with Crippen LogP contribution < -0.4 is 20.3 Å². The van der Waals surface area contributed by atoms with Crippen LogP contribution in [0.4, 0.5) is 0 Å². The van der Waals surface area contributed by atoms with Crippen LogP contribution >= 0.6 is 11.6 Å². The molecule has 0 radical (unpaired) electrons. The van der Waals surface area contributed by atoms with Crippen molar-refractivity contribution in [3.8, 4) is 34.0 Å². The molecule has 3 N–H and O–H groups in total. The van der Waals surface area contributed by atoms with Gasteiger partial charge in [0, 0.05) is 17.6 Å². The largest absolute Gasteiger partial charge is 0.491 e. The molecule has 9 heteroatoms. The zero-order valence-electron chi connectivity index (χ0n) is 21.6. The number of nitrogens with zero attached hydrogens (tertiary/aromatic N) is 2. The molecule has 1 saturated heterocycles. The maximum atomic E-state index is 14.1. The van der Waals surface area contributed by atoms with Crippen LogP contribution in [-0.4, -0.2) is 59.3 Å². The molecule has 0 amide bonds. The monoisotopic (exact) mass is 549 g/mol. The van der Waals surface area contributed by atoms with Gasteiger partial charge in [-0.1, -0.05) is 29.8 Å². The summed E-state index contributed by atoms with van der Waals surface area (Å²) < 4.78 is 13.2. The van der Waals surface area contributed by atoms with E-state index in [0.717, 1.165) is 37.1 Å². The molecule has 0 spiro atoms. The van der Waals surface area contributed by atoms with Crippen molar-refractivity contribution in [2.24, 2.45) is 5.92 Å². The van der Waals surface area contributed by atoms with Gasteiger partial charge in [0.25, 0.3) is 5.56 Å². The number of hydrogen-bond donors (Lipinski definition) is 3. The van der Waals surface area contributed by atoms with Crippen LogP contribution in [-0.2, 0) is 6.54 Å². The van der Waals surface area contributed by atoms with E-state index >= 15 is 0 Å². The summed E-state index contributed by atoms with van der Waals surface area (Å²) in [4.78, 5) is 19.1. The van der Waals surface area contributed by atoms with E-state index in [-0.39, 0.29) is 37.9 Å². The highest BCUT2D eigenvalue weighted by atomic mass is 35.5. The van der Waals surface area contributed by atoms with Crippen molar-refractivity contribution in [3.05, 3.63) is 76.0 Å². The lowest BCUT2D eigenvalue weighted by molar-refractivity contribution is 0.195. The minimum atomic E-state index is -0.168. The lowest BCUT2D eigenvalue weighted by Gasteiger charge is -2.25. The quantitative estimate of drug-likeness (QED) is 0.273. The molecular weight excluding hydrogens is 518 g/mol. The Morgan fingerprint density at radius 2 is 1.82 bits per heavy atom. The number of nitrogens with one attached hydrogen (secondary N) is 1. The Morgan fingerprint density at radius 1 is 1.00 bits per heavy atom. The Hall–Kier alpha value is -3.43. The number of halogens is 1. The number of hydrogen-bond acceptors (Lipinski definition) is 7. The number of fused-ring (bicyclic) bond motifs is 1. The van der Waals surface area contributed by atoms with Crippen LogP contribution in [0, 0.1) is 5.92 Å². The minimum Gasteiger partial charge on any atom is -0.491 e. The number of aliphatic hydroxyl groups is 2. The summed E-state index contributed by atoms with van der Waals surface area (Å²) in [6.07, 6.45) is 2.07. The SMILES string of the molecule is O=c1c2cc(-c3cccc(Cl)c3)ccc2nc(-c2ccc(OCCO)cc2OCCO)n1CC1CCCNC1. The molecule has 8 nitrogen and oxygen atoms in total. The molecule has 0 saturated carbocycles. The van der Waals surface area contributed by atoms with Crippen LogP contribution in [0.15, 0.2) is 65.5 Å². The van der Waals surface area contributed by atoms with Gasteiger partial charge < -0.3 is 25.0 Å². The van der Waals surface area contributed by atoms with E-state index in [1.807, 2.05) is 48.5 Å². The number of piperidine rings is 1. The standard InChI is InChI=1S/C30H32ClN3O5/c31-23-5-1-4-21(15-23)22-6-9-27-26(16-22)30(37)34(19-20-3-2-10-32-18-20)29(33-27)25-8-7-24(38-13-11-35)17-28(25)39-14-12-36/h1,4-9,15-17,20,32,35-36H,2-3,10-14,18-19H2. The highest BCUT2D eigenvalue weighted by Gasteiger charge is 2.22. The van der Waals surface area contributed by atoms with Gasteiger partial charge in [0.2, 0.25) is 0 Å². The molecule has 39 heavy (non-hydrogen) atoms. The molecule has 1 fully saturated rings. The van der Waals surface area contributed by atoms with Gasteiger partial charge in [-0.3, -0.25) is 9.36 Å². The summed E-state index contributed by atoms with van der Waals surface area (Å²) in [7, 11) is 0. The number of aliphatic hydroxyl groups excluding tert-OH is 2. The van der Waals surface area contributed by atoms with Crippen molar-refractivity contribution in [1.29, 1.82) is 0 Å². The molecule has 1 unspecified atom stereocenters. The highest BCUT2D eigenvalue weighted by Crippen LogP contribution is 2.34. The number of benzene rings is 3. The van der Waals surface area contributed by atoms with Gasteiger partial charge in [-0.25, -0.2) is 4.98 Å². The van der Waals surface area contributed by atoms with Gasteiger partial charge in [-0.05, 0) is 79.4 Å². The molecule has 204 valence electrons. The average molecular weight is 550 g/mol. The maximum Gasteiger partial charge on any atom is 0.261 e. The lowest BCUT2D eigenvalue weighted by atomic mass is 9.99. The summed E-state index contributed by atoms with van der Waals surface area (Å²) in [5.74, 6) is 1.73. The van der Waals surface area contributed by atoms with E-state index < -0.39 is 0 Å².